The first-order chi connectivity index (χ1) is 9.16. The molecule has 110 valence electrons. The molecule has 20 heavy (non-hydrogen) atoms. The van der Waals surface area contributed by atoms with E-state index in [1.165, 1.54) is 6.07 Å². The second-order valence-electron chi connectivity index (χ2n) is 5.25. The number of likely N-dealkylation sites (tertiary alicyclic amines) is 1. The van der Waals surface area contributed by atoms with Crippen molar-refractivity contribution in [3.8, 4) is 0 Å². The molecule has 3 rings (SSSR count). The largest absolute Gasteiger partial charge is 0.338 e. The Hall–Kier alpha value is -0.650. The van der Waals surface area contributed by atoms with Gasteiger partial charge in [0.25, 0.3) is 5.91 Å². The normalized spacial score (nSPS) is 25.0. The number of amides is 1. The van der Waals surface area contributed by atoms with Crippen LogP contribution in [-0.2, 0) is 0 Å². The lowest BCUT2D eigenvalue weighted by Gasteiger charge is -2.35. The third kappa shape index (κ3) is 2.85. The quantitative estimate of drug-likeness (QED) is 0.832. The molecule has 0 spiro atoms. The van der Waals surface area contributed by atoms with Crippen LogP contribution in [0.4, 0.5) is 4.39 Å². The summed E-state index contributed by atoms with van der Waals surface area (Å²) in [5.74, 6) is -0.135. The summed E-state index contributed by atoms with van der Waals surface area (Å²) in [5.41, 5.74) is 0.159. The number of rotatable bonds is 1. The third-order valence-electron chi connectivity index (χ3n) is 4.12. The van der Waals surface area contributed by atoms with Gasteiger partial charge in [0.05, 0.1) is 5.56 Å². The predicted octanol–water partition coefficient (Wildman–Crippen LogP) is 2.83. The summed E-state index contributed by atoms with van der Waals surface area (Å²) in [6.07, 6.45) is 2.06. The van der Waals surface area contributed by atoms with Gasteiger partial charge in [0.1, 0.15) is 5.82 Å². The average molecular weight is 364 g/mol. The molecule has 2 aliphatic rings. The van der Waals surface area contributed by atoms with Gasteiger partial charge in [0.15, 0.2) is 0 Å². The first-order valence-corrected chi connectivity index (χ1v) is 7.43. The van der Waals surface area contributed by atoms with Crippen molar-refractivity contribution in [2.75, 3.05) is 19.6 Å². The van der Waals surface area contributed by atoms with Gasteiger partial charge in [-0.1, -0.05) is 6.07 Å². The second-order valence-corrected chi connectivity index (χ2v) is 6.10. The van der Waals surface area contributed by atoms with Crippen LogP contribution in [-0.4, -0.2) is 36.5 Å². The van der Waals surface area contributed by atoms with Crippen LogP contribution in [0.5, 0.6) is 0 Å². The highest BCUT2D eigenvalue weighted by Crippen LogP contribution is 2.28. The zero-order valence-corrected chi connectivity index (χ0v) is 13.3. The first kappa shape index (κ1) is 15.7. The van der Waals surface area contributed by atoms with Crippen molar-refractivity contribution < 1.29 is 9.18 Å². The van der Waals surface area contributed by atoms with E-state index in [2.05, 4.69) is 21.2 Å². The van der Waals surface area contributed by atoms with E-state index >= 15 is 0 Å². The summed E-state index contributed by atoms with van der Waals surface area (Å²) < 4.78 is 14.4. The molecule has 1 amide bonds. The highest BCUT2D eigenvalue weighted by Gasteiger charge is 2.35. The number of nitrogens with zero attached hydrogens (tertiary/aromatic N) is 1. The van der Waals surface area contributed by atoms with Crippen LogP contribution in [0.1, 0.15) is 23.2 Å². The topological polar surface area (TPSA) is 32.3 Å². The molecule has 2 aliphatic heterocycles. The lowest BCUT2D eigenvalue weighted by atomic mass is 9.93. The summed E-state index contributed by atoms with van der Waals surface area (Å²) in [4.78, 5) is 14.3. The first-order valence-electron chi connectivity index (χ1n) is 6.63. The number of carbonyl (C=O) groups is 1. The van der Waals surface area contributed by atoms with Crippen LogP contribution in [0.25, 0.3) is 0 Å². The van der Waals surface area contributed by atoms with Crippen molar-refractivity contribution in [1.82, 2.24) is 10.2 Å². The van der Waals surface area contributed by atoms with Crippen LogP contribution in [0.2, 0.25) is 0 Å². The Labute approximate surface area is 132 Å². The maximum absolute atomic E-state index is 13.8. The van der Waals surface area contributed by atoms with Crippen LogP contribution in [0.3, 0.4) is 0 Å². The van der Waals surface area contributed by atoms with Gasteiger partial charge < -0.3 is 10.2 Å². The Balaban J connectivity index is 0.00000147. The van der Waals surface area contributed by atoms with Gasteiger partial charge in [0.2, 0.25) is 0 Å². The van der Waals surface area contributed by atoms with Gasteiger partial charge >= 0.3 is 0 Å². The van der Waals surface area contributed by atoms with E-state index in [1.54, 1.807) is 17.0 Å². The fourth-order valence-electron chi connectivity index (χ4n) is 3.09. The van der Waals surface area contributed by atoms with E-state index in [-0.39, 0.29) is 23.9 Å². The number of carbonyl (C=O) groups excluding carboxylic acids is 1. The Bertz CT molecular complexity index is 494. The minimum Gasteiger partial charge on any atom is -0.338 e. The summed E-state index contributed by atoms with van der Waals surface area (Å²) >= 11 is 3.27. The van der Waals surface area contributed by atoms with Gasteiger partial charge in [-0.25, -0.2) is 4.39 Å². The maximum atomic E-state index is 13.8. The molecule has 0 aliphatic carbocycles. The summed E-state index contributed by atoms with van der Waals surface area (Å²) in [6, 6.07) is 5.18. The van der Waals surface area contributed by atoms with Crippen molar-refractivity contribution in [1.29, 1.82) is 0 Å². The molecule has 2 atom stereocenters. The molecular formula is C14H17BrClFN2O. The predicted molar refractivity (Wildman–Crippen MR) is 81.8 cm³/mol. The van der Waals surface area contributed by atoms with Crippen molar-refractivity contribution in [3.05, 3.63) is 34.1 Å². The number of hydrogen-bond acceptors (Lipinski definition) is 2. The molecule has 1 N–H and O–H groups in total. The smallest absolute Gasteiger partial charge is 0.257 e. The number of nitrogens with one attached hydrogen (secondary N) is 1. The van der Waals surface area contributed by atoms with E-state index in [9.17, 15) is 9.18 Å². The summed E-state index contributed by atoms with van der Waals surface area (Å²) in [6.45, 7) is 2.46. The molecule has 0 saturated carbocycles. The second kappa shape index (κ2) is 6.41. The highest BCUT2D eigenvalue weighted by atomic mass is 79.9. The zero-order valence-electron chi connectivity index (χ0n) is 10.9. The number of hydrogen-bond donors (Lipinski definition) is 1. The van der Waals surface area contributed by atoms with Crippen LogP contribution < -0.4 is 5.32 Å². The van der Waals surface area contributed by atoms with E-state index < -0.39 is 5.82 Å². The lowest BCUT2D eigenvalue weighted by molar-refractivity contribution is 0.0656. The molecule has 2 unspecified atom stereocenters. The SMILES string of the molecule is Cl.O=C(c1c(F)cccc1Br)N1CCC2NCCC2C1. The van der Waals surface area contributed by atoms with Gasteiger partial charge in [-0.3, -0.25) is 4.79 Å². The van der Waals surface area contributed by atoms with Crippen LogP contribution in [0, 0.1) is 11.7 Å². The number of halogens is 3. The minimum atomic E-state index is -0.453. The van der Waals surface area contributed by atoms with Crippen LogP contribution >= 0.6 is 28.3 Å². The average Bonchev–Trinajstić information content (AvgIpc) is 2.85. The number of piperidine rings is 1. The molecule has 2 saturated heterocycles. The molecule has 1 aromatic rings. The summed E-state index contributed by atoms with van der Waals surface area (Å²) in [5, 5.41) is 3.46. The van der Waals surface area contributed by atoms with E-state index in [0.717, 1.165) is 25.9 Å². The Morgan fingerprint density at radius 2 is 2.20 bits per heavy atom. The van der Waals surface area contributed by atoms with E-state index in [4.69, 9.17) is 0 Å². The van der Waals surface area contributed by atoms with E-state index in [0.29, 0.717) is 23.0 Å². The maximum Gasteiger partial charge on any atom is 0.257 e. The number of benzene rings is 1. The van der Waals surface area contributed by atoms with Gasteiger partial charge in [-0.2, -0.15) is 0 Å². The van der Waals surface area contributed by atoms with Crippen molar-refractivity contribution in [3.63, 3.8) is 0 Å². The summed E-state index contributed by atoms with van der Waals surface area (Å²) in [7, 11) is 0. The highest BCUT2D eigenvalue weighted by molar-refractivity contribution is 9.10. The fourth-order valence-corrected chi connectivity index (χ4v) is 3.60. The zero-order chi connectivity index (χ0) is 13.4. The van der Waals surface area contributed by atoms with E-state index in [1.807, 2.05) is 0 Å². The third-order valence-corrected chi connectivity index (χ3v) is 4.78. The Kier molecular flexibility index (Phi) is 5.04. The van der Waals surface area contributed by atoms with Gasteiger partial charge in [-0.15, -0.1) is 12.4 Å². The van der Waals surface area contributed by atoms with Crippen molar-refractivity contribution in [2.45, 2.75) is 18.9 Å². The molecule has 0 aromatic heterocycles. The molecule has 0 bridgehead atoms. The Morgan fingerprint density at radius 3 is 2.95 bits per heavy atom. The molecule has 2 fully saturated rings. The standard InChI is InChI=1S/C14H16BrFN2O.ClH/c15-10-2-1-3-11(16)13(10)14(19)18-7-5-12-9(8-18)4-6-17-12;/h1-3,9,12,17H,4-8H2;1H. The number of fused-ring (bicyclic) bond motifs is 1. The molecular weight excluding hydrogens is 347 g/mol. The lowest BCUT2D eigenvalue weighted by Crippen LogP contribution is -2.47. The van der Waals surface area contributed by atoms with Crippen LogP contribution in [0.15, 0.2) is 22.7 Å². The van der Waals surface area contributed by atoms with Gasteiger partial charge in [0, 0.05) is 23.6 Å². The monoisotopic (exact) mass is 362 g/mol. The molecule has 3 nitrogen and oxygen atoms in total. The van der Waals surface area contributed by atoms with Crippen molar-refractivity contribution >= 4 is 34.2 Å². The molecule has 2 heterocycles. The fraction of sp³-hybridized carbons (Fsp3) is 0.500. The molecule has 6 heteroatoms. The van der Waals surface area contributed by atoms with Crippen molar-refractivity contribution in [2.24, 2.45) is 5.92 Å². The minimum absolute atomic E-state index is 0. The molecule has 1 aromatic carbocycles. The molecule has 0 radical (unpaired) electrons. The Morgan fingerprint density at radius 1 is 1.40 bits per heavy atom. The van der Waals surface area contributed by atoms with Gasteiger partial charge in [-0.05, 0) is 53.4 Å².